The van der Waals surface area contributed by atoms with E-state index in [0.717, 1.165) is 33.4 Å². The zero-order valence-electron chi connectivity index (χ0n) is 16.7. The Bertz CT molecular complexity index is 1090. The Hall–Kier alpha value is -4.08. The highest BCUT2D eigenvalue weighted by Gasteiger charge is 2.01. The van der Waals surface area contributed by atoms with Crippen LogP contribution in [0.5, 0.6) is 0 Å². The van der Waals surface area contributed by atoms with Crippen molar-refractivity contribution in [2.75, 3.05) is 0 Å². The summed E-state index contributed by atoms with van der Waals surface area (Å²) in [4.78, 5) is 0. The van der Waals surface area contributed by atoms with Crippen LogP contribution in [0, 0.1) is 11.8 Å². The zero-order chi connectivity index (χ0) is 20.4. The quantitative estimate of drug-likeness (QED) is 0.254. The lowest BCUT2D eigenvalue weighted by atomic mass is 10.00. The first-order chi connectivity index (χ1) is 14.9. The molecule has 0 saturated heterocycles. The lowest BCUT2D eigenvalue weighted by Crippen LogP contribution is -1.85. The summed E-state index contributed by atoms with van der Waals surface area (Å²) < 4.78 is 0. The maximum atomic E-state index is 3.45. The minimum Gasteiger partial charge on any atom is -0.0622 e. The fraction of sp³-hybridized carbons (Fsp3) is 0. The van der Waals surface area contributed by atoms with Crippen molar-refractivity contribution in [2.45, 2.75) is 0 Å². The van der Waals surface area contributed by atoms with Gasteiger partial charge in [-0.15, -0.1) is 0 Å². The minimum atomic E-state index is 0.997. The van der Waals surface area contributed by atoms with Gasteiger partial charge in [0.2, 0.25) is 0 Å². The van der Waals surface area contributed by atoms with E-state index < -0.39 is 0 Å². The van der Waals surface area contributed by atoms with Gasteiger partial charge in [0.15, 0.2) is 0 Å². The van der Waals surface area contributed by atoms with Gasteiger partial charge in [0.1, 0.15) is 0 Å². The second kappa shape index (κ2) is 9.92. The van der Waals surface area contributed by atoms with Crippen molar-refractivity contribution in [3.63, 3.8) is 0 Å². The summed E-state index contributed by atoms with van der Waals surface area (Å²) in [5.74, 6) is 6.89. The Morgan fingerprint density at radius 1 is 0.400 bits per heavy atom. The SMILES string of the molecule is C(#C/C(=C\c1ccccc1)c1ccccc1)/C(=C\c1ccccc1)c1ccccc1. The van der Waals surface area contributed by atoms with Crippen molar-refractivity contribution >= 4 is 23.3 Å². The topological polar surface area (TPSA) is 0 Å². The molecule has 0 heteroatoms. The average Bonchev–Trinajstić information content (AvgIpc) is 2.83. The normalized spacial score (nSPS) is 11.5. The van der Waals surface area contributed by atoms with Gasteiger partial charge in [-0.2, -0.15) is 0 Å². The number of benzene rings is 4. The van der Waals surface area contributed by atoms with Crippen molar-refractivity contribution < 1.29 is 0 Å². The molecule has 0 fully saturated rings. The molecule has 0 N–H and O–H groups in total. The van der Waals surface area contributed by atoms with E-state index in [1.807, 2.05) is 72.8 Å². The van der Waals surface area contributed by atoms with E-state index in [2.05, 4.69) is 72.5 Å². The van der Waals surface area contributed by atoms with Crippen LogP contribution in [0.4, 0.5) is 0 Å². The van der Waals surface area contributed by atoms with Gasteiger partial charge < -0.3 is 0 Å². The van der Waals surface area contributed by atoms with E-state index in [1.165, 1.54) is 0 Å². The maximum Gasteiger partial charge on any atom is 0.0327 e. The highest BCUT2D eigenvalue weighted by Crippen LogP contribution is 2.21. The van der Waals surface area contributed by atoms with Crippen LogP contribution in [-0.4, -0.2) is 0 Å². The monoisotopic (exact) mass is 382 g/mol. The van der Waals surface area contributed by atoms with E-state index >= 15 is 0 Å². The first-order valence-electron chi connectivity index (χ1n) is 10.0. The zero-order valence-corrected chi connectivity index (χ0v) is 16.7. The fourth-order valence-corrected chi connectivity index (χ4v) is 3.19. The summed E-state index contributed by atoms with van der Waals surface area (Å²) >= 11 is 0. The molecule has 0 aromatic heterocycles. The lowest BCUT2D eigenvalue weighted by molar-refractivity contribution is 1.62. The number of allylic oxidation sites excluding steroid dienone is 2. The fourth-order valence-electron chi connectivity index (χ4n) is 3.19. The Labute approximate surface area is 178 Å². The molecule has 142 valence electrons. The largest absolute Gasteiger partial charge is 0.0622 e. The molecule has 0 saturated carbocycles. The van der Waals surface area contributed by atoms with Crippen molar-refractivity contribution in [1.29, 1.82) is 0 Å². The second-order valence-corrected chi connectivity index (χ2v) is 6.92. The Balaban J connectivity index is 1.80. The van der Waals surface area contributed by atoms with E-state index in [9.17, 15) is 0 Å². The third kappa shape index (κ3) is 5.25. The molecule has 0 aliphatic heterocycles. The van der Waals surface area contributed by atoms with Gasteiger partial charge in [-0.25, -0.2) is 0 Å². The molecular formula is C30H22. The molecular weight excluding hydrogens is 360 g/mol. The molecule has 0 aliphatic carbocycles. The van der Waals surface area contributed by atoms with Gasteiger partial charge in [-0.1, -0.05) is 133 Å². The smallest absolute Gasteiger partial charge is 0.0327 e. The van der Waals surface area contributed by atoms with Gasteiger partial charge in [-0.05, 0) is 34.4 Å². The van der Waals surface area contributed by atoms with Crippen molar-refractivity contribution in [2.24, 2.45) is 0 Å². The highest BCUT2D eigenvalue weighted by atomic mass is 14.0. The van der Waals surface area contributed by atoms with E-state index in [0.29, 0.717) is 0 Å². The van der Waals surface area contributed by atoms with E-state index in [4.69, 9.17) is 0 Å². The number of rotatable bonds is 4. The summed E-state index contributed by atoms with van der Waals surface area (Å²) in [6, 6.07) is 41.3. The Kier molecular flexibility index (Phi) is 6.36. The standard InChI is InChI=1S/C30H22/c1-5-13-25(14-6-1)23-29(27-17-9-3-10-18-27)21-22-30(28-19-11-4-12-20-28)24-26-15-7-2-8-16-26/h1-20,23-24H/b29-23+,30-24+. The Morgan fingerprint density at radius 2 is 0.700 bits per heavy atom. The summed E-state index contributed by atoms with van der Waals surface area (Å²) in [5, 5.41) is 0. The predicted molar refractivity (Wildman–Crippen MR) is 129 cm³/mol. The summed E-state index contributed by atoms with van der Waals surface area (Å²) in [5.41, 5.74) is 6.49. The van der Waals surface area contributed by atoms with Gasteiger partial charge in [0.05, 0.1) is 0 Å². The summed E-state index contributed by atoms with van der Waals surface area (Å²) in [6.45, 7) is 0. The molecule has 0 unspecified atom stereocenters. The van der Waals surface area contributed by atoms with Gasteiger partial charge in [0, 0.05) is 11.1 Å². The van der Waals surface area contributed by atoms with Crippen LogP contribution in [0.1, 0.15) is 22.3 Å². The molecule has 4 aromatic rings. The molecule has 4 rings (SSSR count). The van der Waals surface area contributed by atoms with Crippen LogP contribution >= 0.6 is 0 Å². The van der Waals surface area contributed by atoms with Crippen LogP contribution in [0.25, 0.3) is 23.3 Å². The molecule has 4 aromatic carbocycles. The van der Waals surface area contributed by atoms with Gasteiger partial charge in [-0.3, -0.25) is 0 Å². The van der Waals surface area contributed by atoms with Crippen molar-refractivity contribution in [1.82, 2.24) is 0 Å². The highest BCUT2D eigenvalue weighted by molar-refractivity contribution is 5.97. The summed E-state index contributed by atoms with van der Waals surface area (Å²) in [7, 11) is 0. The van der Waals surface area contributed by atoms with Crippen LogP contribution in [0.3, 0.4) is 0 Å². The molecule has 0 spiro atoms. The predicted octanol–water partition coefficient (Wildman–Crippen LogP) is 7.47. The first-order valence-corrected chi connectivity index (χ1v) is 10.0. The molecule has 30 heavy (non-hydrogen) atoms. The molecule has 0 aliphatic rings. The molecule has 0 bridgehead atoms. The minimum absolute atomic E-state index is 0.997. The van der Waals surface area contributed by atoms with Crippen LogP contribution < -0.4 is 0 Å². The number of hydrogen-bond donors (Lipinski definition) is 0. The van der Waals surface area contributed by atoms with Gasteiger partial charge >= 0.3 is 0 Å². The lowest BCUT2D eigenvalue weighted by Gasteiger charge is -2.03. The third-order valence-electron chi connectivity index (χ3n) is 4.72. The first kappa shape index (κ1) is 19.2. The summed E-state index contributed by atoms with van der Waals surface area (Å²) in [6.07, 6.45) is 4.29. The van der Waals surface area contributed by atoms with Crippen LogP contribution in [0.15, 0.2) is 121 Å². The van der Waals surface area contributed by atoms with Gasteiger partial charge in [0.25, 0.3) is 0 Å². The van der Waals surface area contributed by atoms with Crippen LogP contribution in [0.2, 0.25) is 0 Å². The second-order valence-electron chi connectivity index (χ2n) is 6.92. The number of hydrogen-bond acceptors (Lipinski definition) is 0. The van der Waals surface area contributed by atoms with Crippen LogP contribution in [-0.2, 0) is 0 Å². The molecule has 0 radical (unpaired) electrons. The molecule has 0 heterocycles. The van der Waals surface area contributed by atoms with E-state index in [1.54, 1.807) is 0 Å². The molecule has 0 nitrogen and oxygen atoms in total. The Morgan fingerprint density at radius 3 is 1.03 bits per heavy atom. The van der Waals surface area contributed by atoms with Crippen molar-refractivity contribution in [3.05, 3.63) is 144 Å². The van der Waals surface area contributed by atoms with Crippen molar-refractivity contribution in [3.8, 4) is 11.8 Å². The third-order valence-corrected chi connectivity index (χ3v) is 4.72. The maximum absolute atomic E-state index is 3.45. The molecule has 0 amide bonds. The average molecular weight is 383 g/mol. The van der Waals surface area contributed by atoms with E-state index in [-0.39, 0.29) is 0 Å². The molecule has 0 atom stereocenters.